The first-order chi connectivity index (χ1) is 13.7. The molecule has 1 aliphatic heterocycles. The molecule has 1 saturated heterocycles. The first-order valence-corrected chi connectivity index (χ1v) is 10.2. The minimum Gasteiger partial charge on any atom is -0.444 e. The first kappa shape index (κ1) is 22.7. The lowest BCUT2D eigenvalue weighted by Crippen LogP contribution is -2.51. The number of alkyl carbamates (subject to hydrolysis) is 1. The number of hydrogen-bond acceptors (Lipinski definition) is 4. The molecule has 0 atom stereocenters. The lowest BCUT2D eigenvalue weighted by molar-refractivity contribution is -0.139. The Labute approximate surface area is 173 Å². The molecule has 0 radical (unpaired) electrons. The maximum absolute atomic E-state index is 12.5. The standard InChI is InChI=1S/C22H33N3O4/c1-17-7-5-6-8-18(17)9-10-19(26)24-13-15-25(16-14-24)20(27)11-12-23-21(28)29-22(2,3)4/h5-8H,9-16H2,1-4H3,(H,23,28). The van der Waals surface area contributed by atoms with E-state index >= 15 is 0 Å². The number of carbonyl (C=O) groups excluding carboxylic acids is 3. The predicted molar refractivity (Wildman–Crippen MR) is 112 cm³/mol. The highest BCUT2D eigenvalue weighted by Crippen LogP contribution is 2.12. The highest BCUT2D eigenvalue weighted by atomic mass is 16.6. The number of amides is 3. The average molecular weight is 404 g/mol. The van der Waals surface area contributed by atoms with Crippen LogP contribution in [0.15, 0.2) is 24.3 Å². The van der Waals surface area contributed by atoms with E-state index in [1.165, 1.54) is 11.1 Å². The summed E-state index contributed by atoms with van der Waals surface area (Å²) in [7, 11) is 0. The zero-order chi connectivity index (χ0) is 21.4. The van der Waals surface area contributed by atoms with E-state index in [-0.39, 0.29) is 24.8 Å². The summed E-state index contributed by atoms with van der Waals surface area (Å²) in [6.45, 7) is 9.84. The Bertz CT molecular complexity index is 719. The van der Waals surface area contributed by atoms with Gasteiger partial charge < -0.3 is 19.9 Å². The van der Waals surface area contributed by atoms with Crippen LogP contribution in [0.5, 0.6) is 0 Å². The number of ether oxygens (including phenoxy) is 1. The molecule has 0 spiro atoms. The van der Waals surface area contributed by atoms with E-state index in [9.17, 15) is 14.4 Å². The van der Waals surface area contributed by atoms with Crippen molar-refractivity contribution in [3.63, 3.8) is 0 Å². The first-order valence-electron chi connectivity index (χ1n) is 10.2. The zero-order valence-electron chi connectivity index (χ0n) is 18.0. The zero-order valence-corrected chi connectivity index (χ0v) is 18.0. The van der Waals surface area contributed by atoms with Crippen molar-refractivity contribution in [1.29, 1.82) is 0 Å². The third-order valence-corrected chi connectivity index (χ3v) is 4.86. The lowest BCUT2D eigenvalue weighted by Gasteiger charge is -2.35. The SMILES string of the molecule is Cc1ccccc1CCC(=O)N1CCN(C(=O)CCNC(=O)OC(C)(C)C)CC1. The van der Waals surface area contributed by atoms with Gasteiger partial charge in [-0.15, -0.1) is 0 Å². The van der Waals surface area contributed by atoms with Crippen LogP contribution < -0.4 is 5.32 Å². The van der Waals surface area contributed by atoms with Crippen LogP contribution in [0.4, 0.5) is 4.79 Å². The molecule has 1 aromatic rings. The molecule has 3 amide bonds. The molecule has 1 aromatic carbocycles. The quantitative estimate of drug-likeness (QED) is 0.792. The van der Waals surface area contributed by atoms with Gasteiger partial charge >= 0.3 is 6.09 Å². The largest absolute Gasteiger partial charge is 0.444 e. The fourth-order valence-corrected chi connectivity index (χ4v) is 3.24. The molecule has 7 heteroatoms. The molecule has 1 heterocycles. The van der Waals surface area contributed by atoms with E-state index in [0.29, 0.717) is 32.6 Å². The van der Waals surface area contributed by atoms with Crippen molar-refractivity contribution in [3.05, 3.63) is 35.4 Å². The molecule has 29 heavy (non-hydrogen) atoms. The van der Waals surface area contributed by atoms with Crippen molar-refractivity contribution >= 4 is 17.9 Å². The topological polar surface area (TPSA) is 79.0 Å². The Morgan fingerprint density at radius 3 is 2.07 bits per heavy atom. The Balaban J connectivity index is 1.67. The van der Waals surface area contributed by atoms with E-state index in [1.54, 1.807) is 25.7 Å². The van der Waals surface area contributed by atoms with Crippen LogP contribution in [0.2, 0.25) is 0 Å². The smallest absolute Gasteiger partial charge is 0.407 e. The predicted octanol–water partition coefficient (Wildman–Crippen LogP) is 2.51. The van der Waals surface area contributed by atoms with Crippen LogP contribution in [0.1, 0.15) is 44.7 Å². The monoisotopic (exact) mass is 403 g/mol. The average Bonchev–Trinajstić information content (AvgIpc) is 2.65. The lowest BCUT2D eigenvalue weighted by atomic mass is 10.0. The summed E-state index contributed by atoms with van der Waals surface area (Å²) >= 11 is 0. The molecule has 0 aliphatic carbocycles. The van der Waals surface area contributed by atoms with Gasteiger partial charge in [0, 0.05) is 45.6 Å². The molecule has 7 nitrogen and oxygen atoms in total. The van der Waals surface area contributed by atoms with Gasteiger partial charge in [0.1, 0.15) is 5.60 Å². The van der Waals surface area contributed by atoms with Crippen LogP contribution in [-0.4, -0.2) is 66.0 Å². The number of nitrogens with one attached hydrogen (secondary N) is 1. The third kappa shape index (κ3) is 7.75. The fraction of sp³-hybridized carbons (Fsp3) is 0.591. The van der Waals surface area contributed by atoms with Crippen LogP contribution in [0.25, 0.3) is 0 Å². The summed E-state index contributed by atoms with van der Waals surface area (Å²) in [6.07, 6.45) is 0.925. The fourth-order valence-electron chi connectivity index (χ4n) is 3.24. The van der Waals surface area contributed by atoms with Gasteiger partial charge in [-0.25, -0.2) is 4.79 Å². The summed E-state index contributed by atoms with van der Waals surface area (Å²) in [5.74, 6) is 0.111. The summed E-state index contributed by atoms with van der Waals surface area (Å²) in [5.41, 5.74) is 1.85. The minimum atomic E-state index is -0.559. The minimum absolute atomic E-state index is 0.0203. The Morgan fingerprint density at radius 1 is 0.966 bits per heavy atom. The molecule has 1 aliphatic rings. The third-order valence-electron chi connectivity index (χ3n) is 4.86. The Morgan fingerprint density at radius 2 is 1.52 bits per heavy atom. The molecule has 2 rings (SSSR count). The molecule has 0 unspecified atom stereocenters. The summed E-state index contributed by atoms with van der Waals surface area (Å²) in [4.78, 5) is 40.0. The molecule has 1 fully saturated rings. The van der Waals surface area contributed by atoms with Crippen LogP contribution >= 0.6 is 0 Å². The van der Waals surface area contributed by atoms with Crippen molar-refractivity contribution in [2.75, 3.05) is 32.7 Å². The van der Waals surface area contributed by atoms with E-state index in [0.717, 1.165) is 6.42 Å². The highest BCUT2D eigenvalue weighted by molar-refractivity contribution is 5.79. The van der Waals surface area contributed by atoms with E-state index in [2.05, 4.69) is 24.4 Å². The molecular formula is C22H33N3O4. The second kappa shape index (κ2) is 10.3. The van der Waals surface area contributed by atoms with Gasteiger partial charge in [-0.1, -0.05) is 24.3 Å². The maximum atomic E-state index is 12.5. The van der Waals surface area contributed by atoms with Crippen molar-refractivity contribution in [2.24, 2.45) is 0 Å². The van der Waals surface area contributed by atoms with Gasteiger partial charge in [-0.3, -0.25) is 9.59 Å². The van der Waals surface area contributed by atoms with Gasteiger partial charge in [0.05, 0.1) is 0 Å². The van der Waals surface area contributed by atoms with Gasteiger partial charge in [0.25, 0.3) is 0 Å². The number of rotatable bonds is 6. The number of nitrogens with zero attached hydrogens (tertiary/aromatic N) is 2. The van der Waals surface area contributed by atoms with Crippen molar-refractivity contribution in [1.82, 2.24) is 15.1 Å². The van der Waals surface area contributed by atoms with Crippen molar-refractivity contribution < 1.29 is 19.1 Å². The second-order valence-corrected chi connectivity index (χ2v) is 8.37. The number of piperazine rings is 1. The Hall–Kier alpha value is -2.57. The number of hydrogen-bond donors (Lipinski definition) is 1. The maximum Gasteiger partial charge on any atom is 0.407 e. The summed E-state index contributed by atoms with van der Waals surface area (Å²) < 4.78 is 5.15. The number of aryl methyl sites for hydroxylation is 2. The molecule has 160 valence electrons. The van der Waals surface area contributed by atoms with Crippen LogP contribution in [0, 0.1) is 6.92 Å². The Kier molecular flexibility index (Phi) is 8.05. The molecular weight excluding hydrogens is 370 g/mol. The van der Waals surface area contributed by atoms with E-state index in [4.69, 9.17) is 4.74 Å². The summed E-state index contributed by atoms with van der Waals surface area (Å²) in [5, 5.41) is 2.60. The van der Waals surface area contributed by atoms with Gasteiger partial charge in [-0.05, 0) is 45.2 Å². The van der Waals surface area contributed by atoms with E-state index < -0.39 is 11.7 Å². The van der Waals surface area contributed by atoms with Crippen molar-refractivity contribution in [2.45, 2.75) is 52.6 Å². The van der Waals surface area contributed by atoms with E-state index in [1.807, 2.05) is 17.0 Å². The van der Waals surface area contributed by atoms with Gasteiger partial charge in [0.2, 0.25) is 11.8 Å². The van der Waals surface area contributed by atoms with Crippen LogP contribution in [0.3, 0.4) is 0 Å². The van der Waals surface area contributed by atoms with Gasteiger partial charge in [-0.2, -0.15) is 0 Å². The second-order valence-electron chi connectivity index (χ2n) is 8.37. The highest BCUT2D eigenvalue weighted by Gasteiger charge is 2.24. The molecule has 0 bridgehead atoms. The molecule has 1 N–H and O–H groups in total. The number of benzene rings is 1. The molecule has 0 saturated carbocycles. The number of carbonyl (C=O) groups is 3. The normalized spacial score (nSPS) is 14.5. The van der Waals surface area contributed by atoms with Gasteiger partial charge in [0.15, 0.2) is 0 Å². The van der Waals surface area contributed by atoms with Crippen LogP contribution in [-0.2, 0) is 20.7 Å². The molecule has 0 aromatic heterocycles. The van der Waals surface area contributed by atoms with Crippen molar-refractivity contribution in [3.8, 4) is 0 Å². The summed E-state index contributed by atoms with van der Waals surface area (Å²) in [6, 6.07) is 8.11.